The van der Waals surface area contributed by atoms with Crippen molar-refractivity contribution in [3.05, 3.63) is 71.4 Å². The predicted molar refractivity (Wildman–Crippen MR) is 102 cm³/mol. The van der Waals surface area contributed by atoms with Gasteiger partial charge in [-0.25, -0.2) is 4.39 Å². The molecule has 1 heterocycles. The minimum Gasteiger partial charge on any atom is -0.380 e. The van der Waals surface area contributed by atoms with Crippen LogP contribution in [0.2, 0.25) is 0 Å². The maximum absolute atomic E-state index is 13.0. The van der Waals surface area contributed by atoms with Crippen molar-refractivity contribution < 1.29 is 18.4 Å². The lowest BCUT2D eigenvalue weighted by Gasteiger charge is -2.07. The molecule has 3 aromatic rings. The highest BCUT2D eigenvalue weighted by atomic mass is 19.1. The van der Waals surface area contributed by atoms with Crippen LogP contribution in [0.25, 0.3) is 11.4 Å². The molecule has 0 unspecified atom stereocenters. The first-order chi connectivity index (χ1) is 13.6. The normalized spacial score (nSPS) is 10.8. The van der Waals surface area contributed by atoms with Gasteiger partial charge in [0.05, 0.1) is 6.61 Å². The van der Waals surface area contributed by atoms with Crippen LogP contribution in [0.15, 0.2) is 53.1 Å². The van der Waals surface area contributed by atoms with Crippen molar-refractivity contribution in [2.24, 2.45) is 0 Å². The first-order valence-electron chi connectivity index (χ1n) is 9.06. The van der Waals surface area contributed by atoms with E-state index < -0.39 is 0 Å². The summed E-state index contributed by atoms with van der Waals surface area (Å²) in [6.45, 7) is 1.03. The number of nitrogens with one attached hydrogen (secondary N) is 1. The zero-order chi connectivity index (χ0) is 19.8. The van der Waals surface area contributed by atoms with E-state index in [9.17, 15) is 9.18 Å². The topological polar surface area (TPSA) is 77.2 Å². The monoisotopic (exact) mass is 383 g/mol. The molecule has 3 rings (SSSR count). The van der Waals surface area contributed by atoms with Crippen LogP contribution >= 0.6 is 0 Å². The van der Waals surface area contributed by atoms with Gasteiger partial charge in [0, 0.05) is 32.1 Å². The van der Waals surface area contributed by atoms with E-state index in [1.807, 2.05) is 24.3 Å². The Morgan fingerprint density at radius 3 is 2.75 bits per heavy atom. The molecule has 1 N–H and O–H groups in total. The number of aryl methyl sites for hydroxylation is 1. The quantitative estimate of drug-likeness (QED) is 0.610. The van der Waals surface area contributed by atoms with Gasteiger partial charge < -0.3 is 14.6 Å². The second kappa shape index (κ2) is 9.75. The SMILES string of the molecule is COCc1cccc(CNC(=O)CCCc2nc(-c3ccc(F)cc3)no2)c1. The summed E-state index contributed by atoms with van der Waals surface area (Å²) in [6.07, 6.45) is 1.47. The Morgan fingerprint density at radius 2 is 1.96 bits per heavy atom. The van der Waals surface area contributed by atoms with Gasteiger partial charge in [-0.1, -0.05) is 29.4 Å². The molecule has 0 saturated carbocycles. The first kappa shape index (κ1) is 19.7. The van der Waals surface area contributed by atoms with Crippen molar-refractivity contribution in [3.8, 4) is 11.4 Å². The highest BCUT2D eigenvalue weighted by molar-refractivity contribution is 5.75. The Balaban J connectivity index is 1.42. The number of amides is 1. The number of halogens is 1. The molecule has 0 aliphatic carbocycles. The van der Waals surface area contributed by atoms with Crippen LogP contribution in [0.3, 0.4) is 0 Å². The van der Waals surface area contributed by atoms with E-state index in [4.69, 9.17) is 9.26 Å². The number of carbonyl (C=O) groups is 1. The average Bonchev–Trinajstić information content (AvgIpc) is 3.16. The lowest BCUT2D eigenvalue weighted by molar-refractivity contribution is -0.121. The van der Waals surface area contributed by atoms with Gasteiger partial charge in [0.2, 0.25) is 17.6 Å². The van der Waals surface area contributed by atoms with E-state index in [1.54, 1.807) is 19.2 Å². The fraction of sp³-hybridized carbons (Fsp3) is 0.286. The zero-order valence-corrected chi connectivity index (χ0v) is 15.7. The van der Waals surface area contributed by atoms with E-state index in [0.717, 1.165) is 11.1 Å². The Labute approximate surface area is 162 Å². The number of benzene rings is 2. The molecule has 0 radical (unpaired) electrons. The van der Waals surface area contributed by atoms with E-state index in [0.29, 0.717) is 49.7 Å². The smallest absolute Gasteiger partial charge is 0.226 e. The van der Waals surface area contributed by atoms with E-state index in [-0.39, 0.29) is 11.7 Å². The predicted octanol–water partition coefficient (Wildman–Crippen LogP) is 3.66. The summed E-state index contributed by atoms with van der Waals surface area (Å²) in [6, 6.07) is 13.8. The van der Waals surface area contributed by atoms with Gasteiger partial charge in [-0.05, 0) is 41.8 Å². The molecule has 0 bridgehead atoms. The van der Waals surface area contributed by atoms with E-state index in [1.165, 1.54) is 12.1 Å². The standard InChI is InChI=1S/C21H22FN3O3/c1-27-14-16-5-2-4-15(12-16)13-23-19(26)6-3-7-20-24-21(25-28-20)17-8-10-18(22)11-9-17/h2,4-5,8-12H,3,6-7,13-14H2,1H3,(H,23,26). The van der Waals surface area contributed by atoms with Crippen LogP contribution in [0.1, 0.15) is 29.9 Å². The maximum Gasteiger partial charge on any atom is 0.226 e. The van der Waals surface area contributed by atoms with Crippen LogP contribution < -0.4 is 5.32 Å². The molecule has 0 saturated heterocycles. The van der Waals surface area contributed by atoms with Crippen LogP contribution in [0.5, 0.6) is 0 Å². The molecule has 0 fully saturated rings. The van der Waals surface area contributed by atoms with Crippen molar-refractivity contribution in [1.82, 2.24) is 15.5 Å². The molecular weight excluding hydrogens is 361 g/mol. The van der Waals surface area contributed by atoms with Gasteiger partial charge in [-0.2, -0.15) is 4.98 Å². The number of carbonyl (C=O) groups excluding carboxylic acids is 1. The largest absolute Gasteiger partial charge is 0.380 e. The number of ether oxygens (including phenoxy) is 1. The second-order valence-electron chi connectivity index (χ2n) is 6.40. The average molecular weight is 383 g/mol. The van der Waals surface area contributed by atoms with Crippen molar-refractivity contribution in [2.75, 3.05) is 7.11 Å². The summed E-state index contributed by atoms with van der Waals surface area (Å²) in [7, 11) is 1.65. The number of hydrogen-bond acceptors (Lipinski definition) is 5. The Kier molecular flexibility index (Phi) is 6.86. The van der Waals surface area contributed by atoms with Crippen molar-refractivity contribution in [1.29, 1.82) is 0 Å². The summed E-state index contributed by atoms with van der Waals surface area (Å²) < 4.78 is 23.3. The number of hydrogen-bond donors (Lipinski definition) is 1. The highest BCUT2D eigenvalue weighted by Crippen LogP contribution is 2.16. The van der Waals surface area contributed by atoms with Crippen molar-refractivity contribution in [2.45, 2.75) is 32.4 Å². The summed E-state index contributed by atoms with van der Waals surface area (Å²) >= 11 is 0. The number of rotatable bonds is 9. The molecule has 0 aliphatic rings. The lowest BCUT2D eigenvalue weighted by atomic mass is 10.1. The molecule has 7 heteroatoms. The van der Waals surface area contributed by atoms with Crippen LogP contribution in [-0.2, 0) is 29.1 Å². The van der Waals surface area contributed by atoms with Crippen LogP contribution in [0, 0.1) is 5.82 Å². The van der Waals surface area contributed by atoms with Gasteiger partial charge >= 0.3 is 0 Å². The van der Waals surface area contributed by atoms with Crippen molar-refractivity contribution >= 4 is 5.91 Å². The maximum atomic E-state index is 13.0. The number of methoxy groups -OCH3 is 1. The number of nitrogens with zero attached hydrogens (tertiary/aromatic N) is 2. The Morgan fingerprint density at radius 1 is 1.18 bits per heavy atom. The van der Waals surface area contributed by atoms with Crippen LogP contribution in [-0.4, -0.2) is 23.2 Å². The summed E-state index contributed by atoms with van der Waals surface area (Å²) in [4.78, 5) is 16.3. The molecule has 6 nitrogen and oxygen atoms in total. The summed E-state index contributed by atoms with van der Waals surface area (Å²) in [5.41, 5.74) is 2.79. The van der Waals surface area contributed by atoms with E-state index in [2.05, 4.69) is 15.5 Å². The Hall–Kier alpha value is -3.06. The summed E-state index contributed by atoms with van der Waals surface area (Å²) in [5.74, 6) is 0.522. The zero-order valence-electron chi connectivity index (χ0n) is 15.7. The molecule has 146 valence electrons. The van der Waals surface area contributed by atoms with Gasteiger partial charge in [0.15, 0.2) is 0 Å². The lowest BCUT2D eigenvalue weighted by Crippen LogP contribution is -2.22. The van der Waals surface area contributed by atoms with Crippen molar-refractivity contribution in [3.63, 3.8) is 0 Å². The summed E-state index contributed by atoms with van der Waals surface area (Å²) in [5, 5.41) is 6.80. The third kappa shape index (κ3) is 5.72. The molecule has 1 amide bonds. The van der Waals surface area contributed by atoms with Gasteiger partial charge in [-0.3, -0.25) is 4.79 Å². The third-order valence-electron chi connectivity index (χ3n) is 4.16. The van der Waals surface area contributed by atoms with Gasteiger partial charge in [0.25, 0.3) is 0 Å². The Bertz CT molecular complexity index is 909. The van der Waals surface area contributed by atoms with Gasteiger partial charge in [0.1, 0.15) is 5.82 Å². The minimum absolute atomic E-state index is 0.0320. The van der Waals surface area contributed by atoms with Gasteiger partial charge in [-0.15, -0.1) is 0 Å². The third-order valence-corrected chi connectivity index (χ3v) is 4.16. The second-order valence-corrected chi connectivity index (χ2v) is 6.40. The molecule has 2 aromatic carbocycles. The molecule has 0 aliphatic heterocycles. The fourth-order valence-corrected chi connectivity index (χ4v) is 2.76. The number of aromatic nitrogens is 2. The fourth-order valence-electron chi connectivity index (χ4n) is 2.76. The first-order valence-corrected chi connectivity index (χ1v) is 9.06. The molecule has 1 aromatic heterocycles. The highest BCUT2D eigenvalue weighted by Gasteiger charge is 2.10. The van der Waals surface area contributed by atoms with Crippen LogP contribution in [0.4, 0.5) is 4.39 Å². The molecule has 0 atom stereocenters. The molecular formula is C21H22FN3O3. The molecule has 0 spiro atoms. The minimum atomic E-state index is -0.316. The van der Waals surface area contributed by atoms with E-state index >= 15 is 0 Å². The molecule has 28 heavy (non-hydrogen) atoms.